The number of ether oxygens (including phenoxy) is 2. The minimum absolute atomic E-state index is 0.144. The van der Waals surface area contributed by atoms with Crippen molar-refractivity contribution >= 4 is 5.97 Å². The van der Waals surface area contributed by atoms with Gasteiger partial charge in [0.05, 0.1) is 12.5 Å². The monoisotopic (exact) mass is 216 g/mol. The summed E-state index contributed by atoms with van der Waals surface area (Å²) in [4.78, 5) is 11.8. The van der Waals surface area contributed by atoms with Gasteiger partial charge in [-0.15, -0.1) is 0 Å². The minimum Gasteiger partial charge on any atom is -0.460 e. The van der Waals surface area contributed by atoms with Gasteiger partial charge >= 0.3 is 5.97 Å². The van der Waals surface area contributed by atoms with E-state index in [1.165, 1.54) is 0 Å². The SMILES string of the molecule is COCC(CC(C)C)C(=O)OC(C)(C)C. The lowest BCUT2D eigenvalue weighted by atomic mass is 9.97. The van der Waals surface area contributed by atoms with Gasteiger partial charge in [-0.2, -0.15) is 0 Å². The molecule has 0 saturated carbocycles. The summed E-state index contributed by atoms with van der Waals surface area (Å²) in [5.41, 5.74) is -0.417. The summed E-state index contributed by atoms with van der Waals surface area (Å²) in [6.45, 7) is 10.3. The molecular weight excluding hydrogens is 192 g/mol. The standard InChI is InChI=1S/C12H24O3/c1-9(2)7-10(8-14-6)11(13)15-12(3,4)5/h9-10H,7-8H2,1-6H3. The zero-order chi connectivity index (χ0) is 12.1. The third kappa shape index (κ3) is 7.37. The molecule has 0 aliphatic heterocycles. The Balaban J connectivity index is 4.28. The van der Waals surface area contributed by atoms with Crippen molar-refractivity contribution in [1.29, 1.82) is 0 Å². The van der Waals surface area contributed by atoms with Crippen LogP contribution in [-0.4, -0.2) is 25.3 Å². The van der Waals surface area contributed by atoms with Crippen LogP contribution in [0.1, 0.15) is 41.0 Å². The zero-order valence-corrected chi connectivity index (χ0v) is 10.8. The van der Waals surface area contributed by atoms with E-state index < -0.39 is 5.60 Å². The van der Waals surface area contributed by atoms with E-state index in [9.17, 15) is 4.79 Å². The van der Waals surface area contributed by atoms with E-state index >= 15 is 0 Å². The fourth-order valence-electron chi connectivity index (χ4n) is 1.39. The molecule has 0 aromatic carbocycles. The highest BCUT2D eigenvalue weighted by molar-refractivity contribution is 5.73. The van der Waals surface area contributed by atoms with E-state index in [2.05, 4.69) is 13.8 Å². The Morgan fingerprint density at radius 3 is 2.13 bits per heavy atom. The summed E-state index contributed by atoms with van der Waals surface area (Å²) in [5, 5.41) is 0. The average Bonchev–Trinajstić information content (AvgIpc) is 1.99. The number of esters is 1. The van der Waals surface area contributed by atoms with Crippen molar-refractivity contribution in [3.05, 3.63) is 0 Å². The van der Waals surface area contributed by atoms with Crippen LogP contribution in [0.3, 0.4) is 0 Å². The van der Waals surface area contributed by atoms with Gasteiger partial charge in [0.15, 0.2) is 0 Å². The fourth-order valence-corrected chi connectivity index (χ4v) is 1.39. The summed E-state index contributed by atoms with van der Waals surface area (Å²) >= 11 is 0. The van der Waals surface area contributed by atoms with Gasteiger partial charge in [-0.05, 0) is 33.1 Å². The maximum atomic E-state index is 11.8. The van der Waals surface area contributed by atoms with E-state index in [1.807, 2.05) is 20.8 Å². The van der Waals surface area contributed by atoms with Crippen LogP contribution >= 0.6 is 0 Å². The number of carbonyl (C=O) groups is 1. The van der Waals surface area contributed by atoms with Crippen LogP contribution in [0.25, 0.3) is 0 Å². The van der Waals surface area contributed by atoms with Crippen LogP contribution in [0.5, 0.6) is 0 Å². The third-order valence-electron chi connectivity index (χ3n) is 1.86. The molecule has 0 aromatic rings. The summed E-state index contributed by atoms with van der Waals surface area (Å²) in [6.07, 6.45) is 0.808. The highest BCUT2D eigenvalue weighted by Crippen LogP contribution is 2.17. The van der Waals surface area contributed by atoms with Gasteiger partial charge in [0.2, 0.25) is 0 Å². The first-order chi connectivity index (χ1) is 6.76. The molecule has 1 unspecified atom stereocenters. The maximum absolute atomic E-state index is 11.8. The number of carbonyl (C=O) groups excluding carboxylic acids is 1. The van der Waals surface area contributed by atoms with E-state index in [1.54, 1.807) is 7.11 Å². The van der Waals surface area contributed by atoms with Crippen LogP contribution < -0.4 is 0 Å². The van der Waals surface area contributed by atoms with Crippen LogP contribution in [0.4, 0.5) is 0 Å². The molecule has 0 aliphatic rings. The zero-order valence-electron chi connectivity index (χ0n) is 10.8. The molecule has 0 saturated heterocycles. The van der Waals surface area contributed by atoms with E-state index in [0.29, 0.717) is 12.5 Å². The van der Waals surface area contributed by atoms with Crippen molar-refractivity contribution in [2.24, 2.45) is 11.8 Å². The second-order valence-corrected chi connectivity index (χ2v) is 5.32. The first-order valence-corrected chi connectivity index (χ1v) is 5.48. The largest absolute Gasteiger partial charge is 0.460 e. The van der Waals surface area contributed by atoms with Crippen LogP contribution in [-0.2, 0) is 14.3 Å². The summed E-state index contributed by atoms with van der Waals surface area (Å²) in [5.74, 6) is 0.171. The van der Waals surface area contributed by atoms with E-state index in [-0.39, 0.29) is 11.9 Å². The molecule has 0 radical (unpaired) electrons. The first-order valence-electron chi connectivity index (χ1n) is 5.48. The lowest BCUT2D eigenvalue weighted by molar-refractivity contribution is -0.162. The molecule has 0 fully saturated rings. The minimum atomic E-state index is -0.417. The molecule has 0 aromatic heterocycles. The van der Waals surface area contributed by atoms with Crippen LogP contribution in [0, 0.1) is 11.8 Å². The highest BCUT2D eigenvalue weighted by atomic mass is 16.6. The predicted molar refractivity (Wildman–Crippen MR) is 60.7 cm³/mol. The van der Waals surface area contributed by atoms with Gasteiger partial charge < -0.3 is 9.47 Å². The van der Waals surface area contributed by atoms with Gasteiger partial charge in [0.1, 0.15) is 5.60 Å². The van der Waals surface area contributed by atoms with Crippen LogP contribution in [0.2, 0.25) is 0 Å². The average molecular weight is 216 g/mol. The predicted octanol–water partition coefficient (Wildman–Crippen LogP) is 2.64. The molecule has 1 atom stereocenters. The van der Waals surface area contributed by atoms with Crippen molar-refractivity contribution in [2.45, 2.75) is 46.6 Å². The topological polar surface area (TPSA) is 35.5 Å². The molecule has 0 aliphatic carbocycles. The number of hydrogen-bond acceptors (Lipinski definition) is 3. The molecular formula is C12H24O3. The van der Waals surface area contributed by atoms with E-state index in [0.717, 1.165) is 6.42 Å². The molecule has 0 rings (SSSR count). The van der Waals surface area contributed by atoms with Gasteiger partial charge in [-0.3, -0.25) is 4.79 Å². The molecule has 0 heterocycles. The van der Waals surface area contributed by atoms with Crippen molar-refractivity contribution in [1.82, 2.24) is 0 Å². The van der Waals surface area contributed by atoms with Gasteiger partial charge in [0, 0.05) is 7.11 Å². The normalized spacial score (nSPS) is 14.1. The molecule has 0 spiro atoms. The van der Waals surface area contributed by atoms with Crippen molar-refractivity contribution in [3.8, 4) is 0 Å². The van der Waals surface area contributed by atoms with Crippen molar-refractivity contribution in [2.75, 3.05) is 13.7 Å². The quantitative estimate of drug-likeness (QED) is 0.663. The molecule has 0 bridgehead atoms. The second-order valence-electron chi connectivity index (χ2n) is 5.32. The second kappa shape index (κ2) is 6.11. The molecule has 15 heavy (non-hydrogen) atoms. The Kier molecular flexibility index (Phi) is 5.88. The highest BCUT2D eigenvalue weighted by Gasteiger charge is 2.25. The Morgan fingerprint density at radius 2 is 1.80 bits per heavy atom. The molecule has 3 heteroatoms. The maximum Gasteiger partial charge on any atom is 0.311 e. The molecule has 90 valence electrons. The lowest BCUT2D eigenvalue weighted by Gasteiger charge is -2.24. The summed E-state index contributed by atoms with van der Waals surface area (Å²) < 4.78 is 10.4. The third-order valence-corrected chi connectivity index (χ3v) is 1.86. The van der Waals surface area contributed by atoms with Crippen molar-refractivity contribution < 1.29 is 14.3 Å². The Bertz CT molecular complexity index is 192. The van der Waals surface area contributed by atoms with E-state index in [4.69, 9.17) is 9.47 Å². The van der Waals surface area contributed by atoms with Gasteiger partial charge in [-0.25, -0.2) is 0 Å². The Hall–Kier alpha value is -0.570. The molecule has 0 N–H and O–H groups in total. The Labute approximate surface area is 93.1 Å². The summed E-state index contributed by atoms with van der Waals surface area (Å²) in [7, 11) is 1.61. The van der Waals surface area contributed by atoms with Crippen molar-refractivity contribution in [3.63, 3.8) is 0 Å². The lowest BCUT2D eigenvalue weighted by Crippen LogP contribution is -2.31. The van der Waals surface area contributed by atoms with Crippen LogP contribution in [0.15, 0.2) is 0 Å². The first kappa shape index (κ1) is 14.4. The Morgan fingerprint density at radius 1 is 1.27 bits per heavy atom. The smallest absolute Gasteiger partial charge is 0.311 e. The number of rotatable bonds is 5. The van der Waals surface area contributed by atoms with Gasteiger partial charge in [0.25, 0.3) is 0 Å². The molecule has 3 nitrogen and oxygen atoms in total. The summed E-state index contributed by atoms with van der Waals surface area (Å²) in [6, 6.07) is 0. The van der Waals surface area contributed by atoms with Gasteiger partial charge in [-0.1, -0.05) is 13.8 Å². The number of methoxy groups -OCH3 is 1. The number of hydrogen-bond donors (Lipinski definition) is 0. The fraction of sp³-hybridized carbons (Fsp3) is 0.917. The molecule has 0 amide bonds.